The average Bonchev–Trinajstić information content (AvgIpc) is 2.29. The monoisotopic (exact) mass is 252 g/mol. The molecule has 2 N–H and O–H groups in total. The zero-order chi connectivity index (χ0) is 13.5. The van der Waals surface area contributed by atoms with E-state index in [1.54, 1.807) is 32.0 Å². The second kappa shape index (κ2) is 6.74. The first-order chi connectivity index (χ1) is 8.54. The Labute approximate surface area is 106 Å². The van der Waals surface area contributed by atoms with E-state index in [2.05, 4.69) is 4.99 Å². The summed E-state index contributed by atoms with van der Waals surface area (Å²) in [6.07, 6.45) is -0.0768. The summed E-state index contributed by atoms with van der Waals surface area (Å²) in [6.45, 7) is 3.73. The number of hydrogen-bond acceptors (Lipinski definition) is 3. The lowest BCUT2D eigenvalue weighted by molar-refractivity contribution is -0.141. The van der Waals surface area contributed by atoms with Crippen molar-refractivity contribution >= 4 is 11.8 Å². The van der Waals surface area contributed by atoms with Gasteiger partial charge in [0.05, 0.1) is 12.6 Å². The van der Waals surface area contributed by atoms with Gasteiger partial charge in [-0.05, 0) is 19.9 Å². The van der Waals surface area contributed by atoms with Gasteiger partial charge >= 0.3 is 5.97 Å². The number of nitrogens with two attached hydrogens (primary N) is 1. The highest BCUT2D eigenvalue weighted by atomic mass is 19.1. The third-order valence-electron chi connectivity index (χ3n) is 2.35. The molecule has 1 aromatic carbocycles. The summed E-state index contributed by atoms with van der Waals surface area (Å²) in [7, 11) is 0. The topological polar surface area (TPSA) is 64.7 Å². The molecule has 0 fully saturated rings. The Bertz CT molecular complexity index is 446. The molecule has 0 radical (unpaired) electrons. The third-order valence-corrected chi connectivity index (χ3v) is 2.35. The molecule has 1 aromatic rings. The fourth-order valence-corrected chi connectivity index (χ4v) is 1.54. The second-order valence-corrected chi connectivity index (χ2v) is 3.80. The quantitative estimate of drug-likeness (QED) is 0.496. The number of amidine groups is 1. The van der Waals surface area contributed by atoms with Crippen LogP contribution in [-0.4, -0.2) is 18.4 Å². The first-order valence-electron chi connectivity index (χ1n) is 5.76. The lowest BCUT2D eigenvalue weighted by atomic mass is 10.1. The maximum Gasteiger partial charge on any atom is 0.313 e. The van der Waals surface area contributed by atoms with E-state index in [1.807, 2.05) is 0 Å². The minimum absolute atomic E-state index is 0.0768. The molecule has 0 bridgehead atoms. The van der Waals surface area contributed by atoms with E-state index in [9.17, 15) is 9.18 Å². The van der Waals surface area contributed by atoms with Crippen molar-refractivity contribution in [3.8, 4) is 0 Å². The van der Waals surface area contributed by atoms with Crippen LogP contribution in [0.5, 0.6) is 0 Å². The number of carbonyl (C=O) groups excluding carboxylic acids is 1. The molecule has 5 heteroatoms. The number of hydrogen-bond donors (Lipinski definition) is 1. The maximum absolute atomic E-state index is 13.5. The molecule has 0 spiro atoms. The summed E-state index contributed by atoms with van der Waals surface area (Å²) >= 11 is 0. The van der Waals surface area contributed by atoms with E-state index < -0.39 is 12.0 Å². The predicted octanol–water partition coefficient (Wildman–Crippen LogP) is 2.20. The fraction of sp³-hybridized carbons (Fsp3) is 0.385. The Morgan fingerprint density at radius 2 is 2.17 bits per heavy atom. The molecule has 4 nitrogen and oxygen atoms in total. The number of nitrogens with zero attached hydrogens (tertiary/aromatic N) is 1. The van der Waals surface area contributed by atoms with Crippen LogP contribution in [0.3, 0.4) is 0 Å². The first-order valence-corrected chi connectivity index (χ1v) is 5.76. The molecule has 0 aromatic heterocycles. The number of aliphatic imine (C=N–C) groups is 1. The second-order valence-electron chi connectivity index (χ2n) is 3.80. The van der Waals surface area contributed by atoms with Gasteiger partial charge in [-0.25, -0.2) is 4.39 Å². The largest absolute Gasteiger partial charge is 0.466 e. The molecule has 0 unspecified atom stereocenters. The van der Waals surface area contributed by atoms with Crippen molar-refractivity contribution in [2.75, 3.05) is 6.61 Å². The zero-order valence-corrected chi connectivity index (χ0v) is 10.5. The summed E-state index contributed by atoms with van der Waals surface area (Å²) in [5, 5.41) is 0. The maximum atomic E-state index is 13.5. The molecule has 0 amide bonds. The van der Waals surface area contributed by atoms with Crippen molar-refractivity contribution < 1.29 is 13.9 Å². The van der Waals surface area contributed by atoms with Crippen LogP contribution in [0, 0.1) is 5.82 Å². The van der Waals surface area contributed by atoms with Gasteiger partial charge < -0.3 is 10.5 Å². The fourth-order valence-electron chi connectivity index (χ4n) is 1.54. The molecular weight excluding hydrogens is 235 g/mol. The highest BCUT2D eigenvalue weighted by Crippen LogP contribution is 2.19. The van der Waals surface area contributed by atoms with Crippen LogP contribution in [0.25, 0.3) is 0 Å². The Hall–Kier alpha value is -1.91. The molecule has 18 heavy (non-hydrogen) atoms. The normalized spacial score (nSPS) is 13.2. The summed E-state index contributed by atoms with van der Waals surface area (Å²) in [6, 6.07) is 5.91. The molecule has 0 heterocycles. The van der Waals surface area contributed by atoms with Gasteiger partial charge in [0, 0.05) is 5.56 Å². The standard InChI is InChI=1S/C13H17FN2O2/c1-3-18-13(17)8-12(15)16-9(2)10-6-4-5-7-11(10)14/h4-7,9H,3,8H2,1-2H3,(H2,15,16)/t9-/m0/s1. The summed E-state index contributed by atoms with van der Waals surface area (Å²) in [4.78, 5) is 15.3. The number of ether oxygens (including phenoxy) is 1. The van der Waals surface area contributed by atoms with Gasteiger partial charge in [-0.15, -0.1) is 0 Å². The zero-order valence-electron chi connectivity index (χ0n) is 10.5. The Balaban J connectivity index is 2.71. The molecule has 1 atom stereocenters. The van der Waals surface area contributed by atoms with Gasteiger partial charge in [0.2, 0.25) is 0 Å². The van der Waals surface area contributed by atoms with Gasteiger partial charge in [0.15, 0.2) is 0 Å². The van der Waals surface area contributed by atoms with Crippen molar-refractivity contribution in [3.63, 3.8) is 0 Å². The third kappa shape index (κ3) is 4.16. The van der Waals surface area contributed by atoms with Crippen molar-refractivity contribution in [1.29, 1.82) is 0 Å². The Morgan fingerprint density at radius 3 is 2.78 bits per heavy atom. The van der Waals surface area contributed by atoms with Gasteiger partial charge in [-0.1, -0.05) is 18.2 Å². The molecule has 0 aliphatic carbocycles. The molecule has 0 aliphatic heterocycles. The van der Waals surface area contributed by atoms with E-state index >= 15 is 0 Å². The lowest BCUT2D eigenvalue weighted by Gasteiger charge is -2.09. The molecule has 0 saturated heterocycles. The van der Waals surface area contributed by atoms with Crippen molar-refractivity contribution in [1.82, 2.24) is 0 Å². The van der Waals surface area contributed by atoms with Crippen LogP contribution in [0.4, 0.5) is 4.39 Å². The molecule has 0 aliphatic rings. The van der Waals surface area contributed by atoms with Crippen molar-refractivity contribution in [2.45, 2.75) is 26.3 Å². The van der Waals surface area contributed by atoms with E-state index in [0.29, 0.717) is 12.2 Å². The van der Waals surface area contributed by atoms with Gasteiger partial charge in [0.1, 0.15) is 18.1 Å². The summed E-state index contributed by atoms with van der Waals surface area (Å²) in [5.41, 5.74) is 6.07. The molecule has 0 saturated carbocycles. The van der Waals surface area contributed by atoms with E-state index in [4.69, 9.17) is 10.5 Å². The number of carbonyl (C=O) groups is 1. The summed E-state index contributed by atoms with van der Waals surface area (Å²) < 4.78 is 18.2. The van der Waals surface area contributed by atoms with Crippen LogP contribution in [0.2, 0.25) is 0 Å². The SMILES string of the molecule is CCOC(=O)CC(N)=N[C@@H](C)c1ccccc1F. The molecule has 1 rings (SSSR count). The van der Waals surface area contributed by atoms with Crippen LogP contribution in [-0.2, 0) is 9.53 Å². The summed E-state index contributed by atoms with van der Waals surface area (Å²) in [5.74, 6) is -0.624. The van der Waals surface area contributed by atoms with E-state index in [0.717, 1.165) is 0 Å². The number of rotatable bonds is 5. The Morgan fingerprint density at radius 1 is 1.50 bits per heavy atom. The van der Waals surface area contributed by atoms with Crippen molar-refractivity contribution in [3.05, 3.63) is 35.6 Å². The number of esters is 1. The molecule has 98 valence electrons. The highest BCUT2D eigenvalue weighted by Gasteiger charge is 2.11. The van der Waals surface area contributed by atoms with Crippen molar-refractivity contribution in [2.24, 2.45) is 10.7 Å². The van der Waals surface area contributed by atoms with Crippen LogP contribution < -0.4 is 5.73 Å². The van der Waals surface area contributed by atoms with Gasteiger partial charge in [0.25, 0.3) is 0 Å². The molecular formula is C13H17FN2O2. The smallest absolute Gasteiger partial charge is 0.313 e. The van der Waals surface area contributed by atoms with Crippen LogP contribution >= 0.6 is 0 Å². The predicted molar refractivity (Wildman–Crippen MR) is 67.7 cm³/mol. The van der Waals surface area contributed by atoms with E-state index in [1.165, 1.54) is 6.07 Å². The van der Waals surface area contributed by atoms with E-state index in [-0.39, 0.29) is 18.1 Å². The van der Waals surface area contributed by atoms with Crippen LogP contribution in [0.1, 0.15) is 31.9 Å². The number of benzene rings is 1. The lowest BCUT2D eigenvalue weighted by Crippen LogP contribution is -2.19. The minimum atomic E-state index is -0.431. The first kappa shape index (κ1) is 14.2. The minimum Gasteiger partial charge on any atom is -0.466 e. The van der Waals surface area contributed by atoms with Gasteiger partial charge in [-0.2, -0.15) is 0 Å². The number of halogens is 1. The van der Waals surface area contributed by atoms with Crippen LogP contribution in [0.15, 0.2) is 29.3 Å². The Kier molecular flexibility index (Phi) is 5.30. The van der Waals surface area contributed by atoms with Gasteiger partial charge in [-0.3, -0.25) is 9.79 Å². The average molecular weight is 252 g/mol. The highest BCUT2D eigenvalue weighted by molar-refractivity contribution is 5.96.